The number of rotatable bonds is 7. The SMILES string of the molecule is CCCC(Nc1cccc(SC)c1)C(=O)OCC. The van der Waals surface area contributed by atoms with Crippen LogP contribution in [0.4, 0.5) is 5.69 Å². The quantitative estimate of drug-likeness (QED) is 0.605. The van der Waals surface area contributed by atoms with Gasteiger partial charge in [-0.15, -0.1) is 11.8 Å². The number of carbonyl (C=O) groups is 1. The third-order valence-corrected chi connectivity index (χ3v) is 3.28. The summed E-state index contributed by atoms with van der Waals surface area (Å²) < 4.78 is 5.08. The smallest absolute Gasteiger partial charge is 0.328 e. The lowest BCUT2D eigenvalue weighted by Gasteiger charge is -2.18. The zero-order chi connectivity index (χ0) is 13.4. The van der Waals surface area contributed by atoms with Crippen LogP contribution < -0.4 is 5.32 Å². The van der Waals surface area contributed by atoms with Crippen LogP contribution in [0.1, 0.15) is 26.7 Å². The topological polar surface area (TPSA) is 38.3 Å². The summed E-state index contributed by atoms with van der Waals surface area (Å²) in [4.78, 5) is 13.0. The van der Waals surface area contributed by atoms with Crippen LogP contribution in [0.2, 0.25) is 0 Å². The van der Waals surface area contributed by atoms with Gasteiger partial charge in [0, 0.05) is 10.6 Å². The maximum absolute atomic E-state index is 11.8. The lowest BCUT2D eigenvalue weighted by Crippen LogP contribution is -2.31. The molecule has 1 N–H and O–H groups in total. The van der Waals surface area contributed by atoms with Gasteiger partial charge in [0.25, 0.3) is 0 Å². The average molecular weight is 267 g/mol. The highest BCUT2D eigenvalue weighted by Crippen LogP contribution is 2.20. The molecule has 0 heterocycles. The van der Waals surface area contributed by atoms with E-state index in [1.54, 1.807) is 11.8 Å². The van der Waals surface area contributed by atoms with Gasteiger partial charge in [-0.05, 0) is 37.8 Å². The second-order valence-electron chi connectivity index (χ2n) is 3.97. The van der Waals surface area contributed by atoms with Gasteiger partial charge in [-0.25, -0.2) is 4.79 Å². The monoisotopic (exact) mass is 267 g/mol. The van der Waals surface area contributed by atoms with Gasteiger partial charge >= 0.3 is 5.97 Å². The summed E-state index contributed by atoms with van der Waals surface area (Å²) in [5, 5.41) is 3.25. The highest BCUT2D eigenvalue weighted by Gasteiger charge is 2.18. The highest BCUT2D eigenvalue weighted by atomic mass is 32.2. The van der Waals surface area contributed by atoms with E-state index >= 15 is 0 Å². The van der Waals surface area contributed by atoms with Crippen LogP contribution in [-0.2, 0) is 9.53 Å². The Balaban J connectivity index is 2.72. The van der Waals surface area contributed by atoms with E-state index in [0.717, 1.165) is 18.5 Å². The first-order valence-electron chi connectivity index (χ1n) is 6.28. The number of hydrogen-bond donors (Lipinski definition) is 1. The van der Waals surface area contributed by atoms with E-state index in [2.05, 4.69) is 18.3 Å². The normalized spacial score (nSPS) is 11.9. The van der Waals surface area contributed by atoms with E-state index in [9.17, 15) is 4.79 Å². The zero-order valence-corrected chi connectivity index (χ0v) is 12.0. The Hall–Kier alpha value is -1.16. The molecule has 1 unspecified atom stereocenters. The van der Waals surface area contributed by atoms with Crippen molar-refractivity contribution in [2.45, 2.75) is 37.6 Å². The van der Waals surface area contributed by atoms with E-state index in [0.29, 0.717) is 6.61 Å². The van der Waals surface area contributed by atoms with Gasteiger partial charge in [-0.1, -0.05) is 19.4 Å². The Bertz CT molecular complexity index is 382. The van der Waals surface area contributed by atoms with Crippen molar-refractivity contribution >= 4 is 23.4 Å². The fourth-order valence-corrected chi connectivity index (χ4v) is 2.15. The Morgan fingerprint density at radius 1 is 1.44 bits per heavy atom. The minimum atomic E-state index is -0.257. The molecule has 0 amide bonds. The Morgan fingerprint density at radius 3 is 2.83 bits per heavy atom. The number of benzene rings is 1. The number of ether oxygens (including phenoxy) is 1. The Labute approximate surface area is 113 Å². The molecule has 0 saturated heterocycles. The summed E-state index contributed by atoms with van der Waals surface area (Å²) in [5.74, 6) is -0.172. The minimum Gasteiger partial charge on any atom is -0.464 e. The summed E-state index contributed by atoms with van der Waals surface area (Å²) in [6.07, 6.45) is 3.76. The molecule has 18 heavy (non-hydrogen) atoms. The van der Waals surface area contributed by atoms with Gasteiger partial charge in [0.2, 0.25) is 0 Å². The number of nitrogens with one attached hydrogen (secondary N) is 1. The third kappa shape index (κ3) is 4.61. The van der Waals surface area contributed by atoms with Crippen LogP contribution in [0.5, 0.6) is 0 Å². The van der Waals surface area contributed by atoms with E-state index < -0.39 is 0 Å². The van der Waals surface area contributed by atoms with Crippen LogP contribution in [-0.4, -0.2) is 24.9 Å². The van der Waals surface area contributed by atoms with Gasteiger partial charge < -0.3 is 10.1 Å². The number of hydrogen-bond acceptors (Lipinski definition) is 4. The fourth-order valence-electron chi connectivity index (χ4n) is 1.69. The molecule has 0 aliphatic rings. The average Bonchev–Trinajstić information content (AvgIpc) is 2.39. The van der Waals surface area contributed by atoms with Gasteiger partial charge in [0.15, 0.2) is 0 Å². The molecule has 0 aromatic heterocycles. The minimum absolute atomic E-state index is 0.172. The first-order valence-corrected chi connectivity index (χ1v) is 7.51. The van der Waals surface area contributed by atoms with Gasteiger partial charge in [0.05, 0.1) is 6.61 Å². The Kier molecular flexibility index (Phi) is 6.65. The molecule has 0 spiro atoms. The first-order chi connectivity index (χ1) is 8.71. The maximum atomic E-state index is 11.8. The van der Waals surface area contributed by atoms with Crippen molar-refractivity contribution in [3.8, 4) is 0 Å². The largest absolute Gasteiger partial charge is 0.464 e. The molecular weight excluding hydrogens is 246 g/mol. The van der Waals surface area contributed by atoms with E-state index in [1.807, 2.05) is 31.4 Å². The van der Waals surface area contributed by atoms with E-state index in [1.165, 1.54) is 4.90 Å². The number of anilines is 1. The maximum Gasteiger partial charge on any atom is 0.328 e. The van der Waals surface area contributed by atoms with Crippen LogP contribution in [0.3, 0.4) is 0 Å². The third-order valence-electron chi connectivity index (χ3n) is 2.56. The van der Waals surface area contributed by atoms with Gasteiger partial charge in [-0.2, -0.15) is 0 Å². The van der Waals surface area contributed by atoms with E-state index in [4.69, 9.17) is 4.74 Å². The molecule has 0 bridgehead atoms. The molecule has 1 rings (SSSR count). The summed E-state index contributed by atoms with van der Waals surface area (Å²) >= 11 is 1.69. The van der Waals surface area contributed by atoms with Crippen LogP contribution >= 0.6 is 11.8 Å². The van der Waals surface area contributed by atoms with Crippen molar-refractivity contribution < 1.29 is 9.53 Å². The summed E-state index contributed by atoms with van der Waals surface area (Å²) in [6.45, 7) is 4.31. The zero-order valence-electron chi connectivity index (χ0n) is 11.2. The fraction of sp³-hybridized carbons (Fsp3) is 0.500. The number of thioether (sulfide) groups is 1. The van der Waals surface area contributed by atoms with Crippen LogP contribution in [0, 0.1) is 0 Å². The molecule has 0 saturated carbocycles. The van der Waals surface area contributed by atoms with Crippen molar-refractivity contribution in [1.29, 1.82) is 0 Å². The van der Waals surface area contributed by atoms with Crippen LogP contribution in [0.25, 0.3) is 0 Å². The lowest BCUT2D eigenvalue weighted by atomic mass is 10.1. The second-order valence-corrected chi connectivity index (χ2v) is 4.85. The lowest BCUT2D eigenvalue weighted by molar-refractivity contribution is -0.144. The predicted molar refractivity (Wildman–Crippen MR) is 77.2 cm³/mol. The predicted octanol–water partition coefficient (Wildman–Crippen LogP) is 3.55. The van der Waals surface area contributed by atoms with Gasteiger partial charge in [0.1, 0.15) is 6.04 Å². The first kappa shape index (κ1) is 14.9. The van der Waals surface area contributed by atoms with Gasteiger partial charge in [-0.3, -0.25) is 0 Å². The standard InChI is InChI=1S/C14H21NO2S/c1-4-7-13(14(16)17-5-2)15-11-8-6-9-12(10-11)18-3/h6,8-10,13,15H,4-5,7H2,1-3H3. The van der Waals surface area contributed by atoms with E-state index in [-0.39, 0.29) is 12.0 Å². The molecule has 100 valence electrons. The van der Waals surface area contributed by atoms with Crippen molar-refractivity contribution in [3.05, 3.63) is 24.3 Å². The van der Waals surface area contributed by atoms with Crippen LogP contribution in [0.15, 0.2) is 29.2 Å². The number of carbonyl (C=O) groups excluding carboxylic acids is 1. The summed E-state index contributed by atoms with van der Waals surface area (Å²) in [7, 11) is 0. The Morgan fingerprint density at radius 2 is 2.22 bits per heavy atom. The molecule has 0 fully saturated rings. The molecule has 0 aliphatic carbocycles. The van der Waals surface area contributed by atoms with Crippen molar-refractivity contribution in [3.63, 3.8) is 0 Å². The number of esters is 1. The molecule has 1 aromatic rings. The highest BCUT2D eigenvalue weighted by molar-refractivity contribution is 7.98. The second kappa shape index (κ2) is 8.03. The van der Waals surface area contributed by atoms with Crippen molar-refractivity contribution in [1.82, 2.24) is 0 Å². The van der Waals surface area contributed by atoms with Crippen molar-refractivity contribution in [2.75, 3.05) is 18.2 Å². The molecule has 0 aliphatic heterocycles. The summed E-state index contributed by atoms with van der Waals surface area (Å²) in [6, 6.07) is 7.80. The molecule has 1 aromatic carbocycles. The summed E-state index contributed by atoms with van der Waals surface area (Å²) in [5.41, 5.74) is 0.966. The molecule has 0 radical (unpaired) electrons. The molecule has 3 nitrogen and oxygen atoms in total. The van der Waals surface area contributed by atoms with Crippen molar-refractivity contribution in [2.24, 2.45) is 0 Å². The molecule has 4 heteroatoms. The molecule has 1 atom stereocenters. The molecular formula is C14H21NO2S.